The van der Waals surface area contributed by atoms with E-state index in [0.717, 1.165) is 4.47 Å². The lowest BCUT2D eigenvalue weighted by Crippen LogP contribution is -1.89. The Bertz CT molecular complexity index is 312. The second-order valence-corrected chi connectivity index (χ2v) is 3.42. The van der Waals surface area contributed by atoms with Gasteiger partial charge in [-0.25, -0.2) is 0 Å². The number of aldehydes is 1. The van der Waals surface area contributed by atoms with Crippen molar-refractivity contribution in [2.75, 3.05) is 7.11 Å². The smallest absolute Gasteiger partial charge is 0.151 e. The lowest BCUT2D eigenvalue weighted by atomic mass is 10.2. The number of hydrogen-bond acceptors (Lipinski definition) is 2. The molecule has 64 valence electrons. The van der Waals surface area contributed by atoms with Crippen LogP contribution in [0.25, 0.3) is 0 Å². The molecular weight excluding hydrogens is 243 g/mol. The molecule has 2 nitrogen and oxygen atoms in total. The first kappa shape index (κ1) is 9.55. The van der Waals surface area contributed by atoms with Crippen molar-refractivity contribution in [2.24, 2.45) is 0 Å². The summed E-state index contributed by atoms with van der Waals surface area (Å²) in [6.45, 7) is 0. The number of halogens is 2. The Morgan fingerprint density at radius 3 is 2.75 bits per heavy atom. The van der Waals surface area contributed by atoms with Gasteiger partial charge in [-0.1, -0.05) is 27.5 Å². The Labute approximate surface area is 83.6 Å². The highest BCUT2D eigenvalue weighted by atomic mass is 79.9. The van der Waals surface area contributed by atoms with Gasteiger partial charge in [0.15, 0.2) is 6.29 Å². The summed E-state index contributed by atoms with van der Waals surface area (Å²) in [5.74, 6) is 0.494. The number of rotatable bonds is 2. The molecule has 0 saturated heterocycles. The summed E-state index contributed by atoms with van der Waals surface area (Å²) in [5, 5.41) is 0.343. The van der Waals surface area contributed by atoms with Crippen LogP contribution in [0.5, 0.6) is 5.75 Å². The summed E-state index contributed by atoms with van der Waals surface area (Å²) in [7, 11) is 1.50. The number of benzene rings is 1. The highest BCUT2D eigenvalue weighted by Gasteiger charge is 2.07. The fraction of sp³-hybridized carbons (Fsp3) is 0.125. The van der Waals surface area contributed by atoms with Crippen LogP contribution in [0.3, 0.4) is 0 Å². The van der Waals surface area contributed by atoms with E-state index in [4.69, 9.17) is 16.3 Å². The number of methoxy groups -OCH3 is 1. The maximum Gasteiger partial charge on any atom is 0.151 e. The minimum absolute atomic E-state index is 0.343. The lowest BCUT2D eigenvalue weighted by molar-refractivity contribution is 0.112. The molecular formula is C8H6BrClO2. The molecule has 0 aliphatic rings. The van der Waals surface area contributed by atoms with E-state index in [-0.39, 0.29) is 0 Å². The highest BCUT2D eigenvalue weighted by Crippen LogP contribution is 2.30. The van der Waals surface area contributed by atoms with E-state index in [9.17, 15) is 4.79 Å². The lowest BCUT2D eigenvalue weighted by Gasteiger charge is -2.04. The minimum atomic E-state index is 0.343. The Morgan fingerprint density at radius 2 is 2.25 bits per heavy atom. The maximum absolute atomic E-state index is 10.5. The second-order valence-electron chi connectivity index (χ2n) is 2.13. The van der Waals surface area contributed by atoms with Crippen molar-refractivity contribution in [3.8, 4) is 5.75 Å². The predicted octanol–water partition coefficient (Wildman–Crippen LogP) is 2.92. The van der Waals surface area contributed by atoms with Crippen molar-refractivity contribution >= 4 is 33.8 Å². The molecule has 4 heteroatoms. The fourth-order valence-electron chi connectivity index (χ4n) is 0.819. The normalized spacial score (nSPS) is 9.58. The number of carbonyl (C=O) groups excluding carboxylic acids is 1. The Kier molecular flexibility index (Phi) is 3.12. The van der Waals surface area contributed by atoms with E-state index >= 15 is 0 Å². The van der Waals surface area contributed by atoms with Crippen LogP contribution >= 0.6 is 27.5 Å². The summed E-state index contributed by atoms with van der Waals surface area (Å²) >= 11 is 9.04. The molecule has 0 unspecified atom stereocenters. The Hall–Kier alpha value is -0.540. The zero-order valence-corrected chi connectivity index (χ0v) is 8.65. The Morgan fingerprint density at radius 1 is 1.58 bits per heavy atom. The van der Waals surface area contributed by atoms with Crippen LogP contribution in [-0.2, 0) is 0 Å². The number of ether oxygens (including phenoxy) is 1. The van der Waals surface area contributed by atoms with Crippen LogP contribution in [0.2, 0.25) is 5.02 Å². The van der Waals surface area contributed by atoms with E-state index in [1.54, 1.807) is 12.1 Å². The topological polar surface area (TPSA) is 26.3 Å². The summed E-state index contributed by atoms with van der Waals surface area (Å²) in [6, 6.07) is 3.34. The molecule has 1 rings (SSSR count). The summed E-state index contributed by atoms with van der Waals surface area (Å²) in [4.78, 5) is 10.5. The van der Waals surface area contributed by atoms with Gasteiger partial charge < -0.3 is 4.74 Å². The molecule has 0 aromatic heterocycles. The van der Waals surface area contributed by atoms with E-state index in [0.29, 0.717) is 22.6 Å². The molecule has 0 radical (unpaired) electrons. The SMILES string of the molecule is COc1cc(Br)cc(C=O)c1Cl. The summed E-state index contributed by atoms with van der Waals surface area (Å²) in [5.41, 5.74) is 0.419. The Balaban J connectivity index is 3.31. The third-order valence-electron chi connectivity index (χ3n) is 1.38. The van der Waals surface area contributed by atoms with Gasteiger partial charge in [-0.05, 0) is 12.1 Å². The summed E-state index contributed by atoms with van der Waals surface area (Å²) < 4.78 is 5.72. The molecule has 0 saturated carbocycles. The van der Waals surface area contributed by atoms with Crippen molar-refractivity contribution in [3.05, 3.63) is 27.2 Å². The van der Waals surface area contributed by atoms with Gasteiger partial charge in [0, 0.05) is 10.0 Å². The van der Waals surface area contributed by atoms with Gasteiger partial charge in [-0.15, -0.1) is 0 Å². The molecule has 1 aromatic carbocycles. The van der Waals surface area contributed by atoms with Crippen LogP contribution in [0.4, 0.5) is 0 Å². The van der Waals surface area contributed by atoms with Crippen LogP contribution in [0.1, 0.15) is 10.4 Å². The third kappa shape index (κ3) is 1.79. The van der Waals surface area contributed by atoms with Gasteiger partial charge in [-0.2, -0.15) is 0 Å². The average Bonchev–Trinajstić information content (AvgIpc) is 2.08. The molecule has 0 N–H and O–H groups in total. The van der Waals surface area contributed by atoms with Gasteiger partial charge >= 0.3 is 0 Å². The largest absolute Gasteiger partial charge is 0.495 e. The van der Waals surface area contributed by atoms with Crippen molar-refractivity contribution in [1.82, 2.24) is 0 Å². The van der Waals surface area contributed by atoms with E-state index in [1.807, 2.05) is 0 Å². The van der Waals surface area contributed by atoms with Gasteiger partial charge in [0.2, 0.25) is 0 Å². The molecule has 0 aliphatic heterocycles. The molecule has 0 amide bonds. The van der Waals surface area contributed by atoms with E-state index in [2.05, 4.69) is 15.9 Å². The number of carbonyl (C=O) groups is 1. The minimum Gasteiger partial charge on any atom is -0.495 e. The second kappa shape index (κ2) is 3.92. The first-order valence-electron chi connectivity index (χ1n) is 3.17. The van der Waals surface area contributed by atoms with Gasteiger partial charge in [0.1, 0.15) is 5.75 Å². The first-order chi connectivity index (χ1) is 5.69. The molecule has 1 aromatic rings. The fourth-order valence-corrected chi connectivity index (χ4v) is 1.50. The van der Waals surface area contributed by atoms with Crippen LogP contribution in [-0.4, -0.2) is 13.4 Å². The van der Waals surface area contributed by atoms with Crippen molar-refractivity contribution < 1.29 is 9.53 Å². The zero-order chi connectivity index (χ0) is 9.14. The summed E-state index contributed by atoms with van der Waals surface area (Å²) in [6.07, 6.45) is 0.690. The molecule has 0 heterocycles. The molecule has 0 aliphatic carbocycles. The molecule has 0 spiro atoms. The molecule has 0 bridgehead atoms. The third-order valence-corrected chi connectivity index (χ3v) is 2.24. The van der Waals surface area contributed by atoms with Crippen molar-refractivity contribution in [1.29, 1.82) is 0 Å². The van der Waals surface area contributed by atoms with Gasteiger partial charge in [-0.3, -0.25) is 4.79 Å². The van der Waals surface area contributed by atoms with Gasteiger partial charge in [0.25, 0.3) is 0 Å². The van der Waals surface area contributed by atoms with Crippen molar-refractivity contribution in [3.63, 3.8) is 0 Å². The standard InChI is InChI=1S/C8H6BrClO2/c1-12-7-3-6(9)2-5(4-11)8(7)10/h2-4H,1H3. The zero-order valence-electron chi connectivity index (χ0n) is 6.30. The highest BCUT2D eigenvalue weighted by molar-refractivity contribution is 9.10. The van der Waals surface area contributed by atoms with Crippen molar-refractivity contribution in [2.45, 2.75) is 0 Å². The first-order valence-corrected chi connectivity index (χ1v) is 4.34. The molecule has 0 fully saturated rings. The monoisotopic (exact) mass is 248 g/mol. The van der Waals surface area contributed by atoms with Crippen LogP contribution in [0.15, 0.2) is 16.6 Å². The predicted molar refractivity (Wildman–Crippen MR) is 51.1 cm³/mol. The van der Waals surface area contributed by atoms with Crippen LogP contribution in [0, 0.1) is 0 Å². The van der Waals surface area contributed by atoms with E-state index < -0.39 is 0 Å². The number of hydrogen-bond donors (Lipinski definition) is 0. The molecule has 12 heavy (non-hydrogen) atoms. The van der Waals surface area contributed by atoms with Crippen LogP contribution < -0.4 is 4.74 Å². The average molecular weight is 249 g/mol. The quantitative estimate of drug-likeness (QED) is 0.753. The maximum atomic E-state index is 10.5. The van der Waals surface area contributed by atoms with E-state index in [1.165, 1.54) is 7.11 Å². The van der Waals surface area contributed by atoms with Gasteiger partial charge in [0.05, 0.1) is 12.1 Å². The molecule has 0 atom stereocenters.